The minimum Gasteiger partial charge on any atom is -0.495 e. The Morgan fingerprint density at radius 2 is 1.84 bits per heavy atom. The smallest absolute Gasteiger partial charge is 0.244 e. The van der Waals surface area contributed by atoms with Crippen molar-refractivity contribution < 1.29 is 14.3 Å². The van der Waals surface area contributed by atoms with E-state index in [1.807, 2.05) is 44.2 Å². The van der Waals surface area contributed by atoms with Crippen molar-refractivity contribution in [2.24, 2.45) is 0 Å². The number of rotatable bonds is 6. The summed E-state index contributed by atoms with van der Waals surface area (Å²) in [7, 11) is 1.54. The summed E-state index contributed by atoms with van der Waals surface area (Å²) in [6.45, 7) is 5.36. The highest BCUT2D eigenvalue weighted by Gasteiger charge is 2.20. The van der Waals surface area contributed by atoms with Crippen molar-refractivity contribution >= 4 is 23.2 Å². The van der Waals surface area contributed by atoms with E-state index in [2.05, 4.69) is 5.32 Å². The molecule has 0 spiro atoms. The molecule has 25 heavy (non-hydrogen) atoms. The van der Waals surface area contributed by atoms with E-state index in [9.17, 15) is 9.59 Å². The fourth-order valence-electron chi connectivity index (χ4n) is 2.74. The highest BCUT2D eigenvalue weighted by Crippen LogP contribution is 2.28. The minimum atomic E-state index is -0.245. The molecule has 0 saturated heterocycles. The quantitative estimate of drug-likeness (QED) is 0.875. The second-order valence-corrected chi connectivity index (χ2v) is 5.79. The predicted molar refractivity (Wildman–Crippen MR) is 100 cm³/mol. The van der Waals surface area contributed by atoms with Crippen LogP contribution in [0.2, 0.25) is 0 Å². The number of anilines is 2. The maximum Gasteiger partial charge on any atom is 0.244 e. The van der Waals surface area contributed by atoms with E-state index >= 15 is 0 Å². The van der Waals surface area contributed by atoms with E-state index in [0.717, 1.165) is 23.2 Å². The van der Waals surface area contributed by atoms with Crippen LogP contribution >= 0.6 is 0 Å². The van der Waals surface area contributed by atoms with Crippen LogP contribution in [-0.2, 0) is 16.0 Å². The van der Waals surface area contributed by atoms with Crippen molar-refractivity contribution in [1.82, 2.24) is 0 Å². The van der Waals surface area contributed by atoms with Crippen LogP contribution in [0.4, 0.5) is 11.4 Å². The Labute approximate surface area is 148 Å². The SMILES string of the molecule is CCc1cccc(C)c1NC(=O)CN(C(C)=O)c1ccccc1OC. The molecule has 2 rings (SSSR count). The standard InChI is InChI=1S/C20H24N2O3/c1-5-16-10-8-9-14(2)20(16)21-19(24)13-22(15(3)23)17-11-6-7-12-18(17)25-4/h6-12H,5,13H2,1-4H3,(H,21,24). The lowest BCUT2D eigenvalue weighted by molar-refractivity contribution is -0.120. The van der Waals surface area contributed by atoms with E-state index in [1.165, 1.54) is 18.9 Å². The predicted octanol–water partition coefficient (Wildman–Crippen LogP) is 3.56. The van der Waals surface area contributed by atoms with Crippen LogP contribution in [0, 0.1) is 6.92 Å². The van der Waals surface area contributed by atoms with E-state index in [0.29, 0.717) is 11.4 Å². The number of para-hydroxylation sites is 3. The molecule has 0 aliphatic carbocycles. The normalized spacial score (nSPS) is 10.2. The van der Waals surface area contributed by atoms with Crippen molar-refractivity contribution in [2.75, 3.05) is 23.9 Å². The summed E-state index contributed by atoms with van der Waals surface area (Å²) < 4.78 is 5.31. The summed E-state index contributed by atoms with van der Waals surface area (Å²) in [5.41, 5.74) is 3.46. The molecule has 2 aromatic carbocycles. The summed E-state index contributed by atoms with van der Waals surface area (Å²) in [6.07, 6.45) is 0.820. The third-order valence-electron chi connectivity index (χ3n) is 4.06. The third kappa shape index (κ3) is 4.38. The number of carbonyl (C=O) groups excluding carboxylic acids is 2. The molecule has 0 bridgehead atoms. The molecule has 0 heterocycles. The van der Waals surface area contributed by atoms with Crippen LogP contribution in [0.15, 0.2) is 42.5 Å². The van der Waals surface area contributed by atoms with Crippen LogP contribution in [-0.4, -0.2) is 25.5 Å². The van der Waals surface area contributed by atoms with Gasteiger partial charge in [0, 0.05) is 12.6 Å². The lowest BCUT2D eigenvalue weighted by Gasteiger charge is -2.23. The zero-order valence-electron chi connectivity index (χ0n) is 15.1. The fourth-order valence-corrected chi connectivity index (χ4v) is 2.74. The third-order valence-corrected chi connectivity index (χ3v) is 4.06. The topological polar surface area (TPSA) is 58.6 Å². The van der Waals surface area contributed by atoms with E-state index in [1.54, 1.807) is 12.1 Å². The molecule has 132 valence electrons. The number of benzene rings is 2. The monoisotopic (exact) mass is 340 g/mol. The average Bonchev–Trinajstić information content (AvgIpc) is 2.61. The van der Waals surface area contributed by atoms with Crippen LogP contribution in [0.5, 0.6) is 5.75 Å². The van der Waals surface area contributed by atoms with Gasteiger partial charge in [0.2, 0.25) is 11.8 Å². The van der Waals surface area contributed by atoms with Gasteiger partial charge in [-0.2, -0.15) is 0 Å². The van der Waals surface area contributed by atoms with Gasteiger partial charge in [-0.05, 0) is 36.6 Å². The van der Waals surface area contributed by atoms with Gasteiger partial charge in [0.15, 0.2) is 0 Å². The molecule has 0 atom stereocenters. The Morgan fingerprint density at radius 1 is 1.12 bits per heavy atom. The molecule has 0 unspecified atom stereocenters. The Kier molecular flexibility index (Phi) is 6.17. The number of nitrogens with one attached hydrogen (secondary N) is 1. The Bertz CT molecular complexity index is 771. The van der Waals surface area contributed by atoms with Crippen molar-refractivity contribution in [2.45, 2.75) is 27.2 Å². The Hall–Kier alpha value is -2.82. The van der Waals surface area contributed by atoms with Gasteiger partial charge in [-0.1, -0.05) is 37.3 Å². The van der Waals surface area contributed by atoms with Gasteiger partial charge in [-0.3, -0.25) is 14.5 Å². The zero-order chi connectivity index (χ0) is 18.4. The highest BCUT2D eigenvalue weighted by atomic mass is 16.5. The summed E-state index contributed by atoms with van der Waals surface area (Å²) in [4.78, 5) is 26.1. The number of carbonyl (C=O) groups is 2. The Balaban J connectivity index is 2.24. The summed E-state index contributed by atoms with van der Waals surface area (Å²) >= 11 is 0. The second kappa shape index (κ2) is 8.33. The van der Waals surface area contributed by atoms with Crippen LogP contribution < -0.4 is 15.0 Å². The molecule has 0 aliphatic heterocycles. The molecule has 2 amide bonds. The summed E-state index contributed by atoms with van der Waals surface area (Å²) in [5.74, 6) is 0.0842. The van der Waals surface area contributed by atoms with E-state index in [-0.39, 0.29) is 18.4 Å². The number of amides is 2. The number of hydrogen-bond donors (Lipinski definition) is 1. The summed E-state index contributed by atoms with van der Waals surface area (Å²) in [6, 6.07) is 13.1. The molecule has 5 heteroatoms. The van der Waals surface area contributed by atoms with Crippen molar-refractivity contribution in [1.29, 1.82) is 0 Å². The van der Waals surface area contributed by atoms with Gasteiger partial charge in [-0.25, -0.2) is 0 Å². The maximum atomic E-state index is 12.6. The first-order chi connectivity index (χ1) is 12.0. The molecular formula is C20H24N2O3. The minimum absolute atomic E-state index is 0.0762. The number of ether oxygens (including phenoxy) is 1. The molecule has 2 aromatic rings. The number of aryl methyl sites for hydroxylation is 2. The highest BCUT2D eigenvalue weighted by molar-refractivity contribution is 6.03. The molecule has 0 aromatic heterocycles. The first kappa shape index (κ1) is 18.5. The van der Waals surface area contributed by atoms with Gasteiger partial charge in [0.25, 0.3) is 0 Å². The van der Waals surface area contributed by atoms with Gasteiger partial charge >= 0.3 is 0 Å². The van der Waals surface area contributed by atoms with Gasteiger partial charge in [-0.15, -0.1) is 0 Å². The average molecular weight is 340 g/mol. The number of methoxy groups -OCH3 is 1. The molecule has 0 fully saturated rings. The van der Waals surface area contributed by atoms with Crippen LogP contribution in [0.1, 0.15) is 25.0 Å². The second-order valence-electron chi connectivity index (χ2n) is 5.79. The fraction of sp³-hybridized carbons (Fsp3) is 0.300. The Morgan fingerprint density at radius 3 is 2.48 bits per heavy atom. The van der Waals surface area contributed by atoms with Gasteiger partial charge in [0.1, 0.15) is 12.3 Å². The van der Waals surface area contributed by atoms with E-state index in [4.69, 9.17) is 4.74 Å². The molecular weight excluding hydrogens is 316 g/mol. The largest absolute Gasteiger partial charge is 0.495 e. The maximum absolute atomic E-state index is 12.6. The molecule has 0 saturated carbocycles. The number of nitrogens with zero attached hydrogens (tertiary/aromatic N) is 1. The molecule has 0 aliphatic rings. The van der Waals surface area contributed by atoms with Crippen molar-refractivity contribution in [3.05, 3.63) is 53.6 Å². The van der Waals surface area contributed by atoms with Gasteiger partial charge < -0.3 is 10.1 Å². The lowest BCUT2D eigenvalue weighted by Crippen LogP contribution is -2.37. The number of hydrogen-bond acceptors (Lipinski definition) is 3. The first-order valence-corrected chi connectivity index (χ1v) is 8.27. The van der Waals surface area contributed by atoms with Crippen LogP contribution in [0.25, 0.3) is 0 Å². The van der Waals surface area contributed by atoms with Gasteiger partial charge in [0.05, 0.1) is 12.8 Å². The molecule has 0 radical (unpaired) electrons. The van der Waals surface area contributed by atoms with Crippen molar-refractivity contribution in [3.8, 4) is 5.75 Å². The van der Waals surface area contributed by atoms with Crippen molar-refractivity contribution in [3.63, 3.8) is 0 Å². The summed E-state index contributed by atoms with van der Waals surface area (Å²) in [5, 5.41) is 2.95. The zero-order valence-corrected chi connectivity index (χ0v) is 15.1. The van der Waals surface area contributed by atoms with E-state index < -0.39 is 0 Å². The molecule has 1 N–H and O–H groups in total. The molecule has 5 nitrogen and oxygen atoms in total. The first-order valence-electron chi connectivity index (χ1n) is 8.27. The van der Waals surface area contributed by atoms with Crippen LogP contribution in [0.3, 0.4) is 0 Å². The lowest BCUT2D eigenvalue weighted by atomic mass is 10.1.